The van der Waals surface area contributed by atoms with Gasteiger partial charge in [-0.05, 0) is 37.1 Å². The van der Waals surface area contributed by atoms with E-state index in [1.54, 1.807) is 0 Å². The van der Waals surface area contributed by atoms with Crippen molar-refractivity contribution >= 4 is 35.6 Å². The number of ether oxygens (including phenoxy) is 1. The van der Waals surface area contributed by atoms with Crippen LogP contribution in [0.3, 0.4) is 0 Å². The van der Waals surface area contributed by atoms with Crippen molar-refractivity contribution < 1.29 is 23.0 Å². The lowest BCUT2D eigenvalue weighted by atomic mass is 9.98. The lowest BCUT2D eigenvalue weighted by Crippen LogP contribution is -2.33. The van der Waals surface area contributed by atoms with E-state index >= 15 is 0 Å². The Morgan fingerprint density at radius 1 is 1.22 bits per heavy atom. The molecule has 9 heteroatoms. The molecule has 0 aliphatic rings. The van der Waals surface area contributed by atoms with Crippen LogP contribution in [0, 0.1) is 0 Å². The molecule has 0 amide bonds. The van der Waals surface area contributed by atoms with Crippen molar-refractivity contribution in [2.45, 2.75) is 38.7 Å². The molecule has 0 aliphatic carbocycles. The Hall–Kier alpha value is -1.23. The number of hydrogen-bond donors (Lipinski definition) is 3. The van der Waals surface area contributed by atoms with Gasteiger partial charge in [-0.25, -0.2) is 0 Å². The number of halogens is 4. The highest BCUT2D eigenvalue weighted by Gasteiger charge is 2.30. The second-order valence-corrected chi connectivity index (χ2v) is 4.83. The lowest BCUT2D eigenvalue weighted by molar-refractivity contribution is -0.274. The fraction of sp³-hybridized carbons (Fsp3) is 0.500. The standard InChI is InChI=1S/C14H20F3N3O2.HI/c1-3-13(21,4-2)9-19-12(18)20-10-5-7-11(8-6-10)22-14(15,16)17;/h5-8,21H,3-4,9H2,1-2H3,(H3,18,19,20);1H. The third kappa shape index (κ3) is 8.26. The van der Waals surface area contributed by atoms with Crippen LogP contribution >= 0.6 is 24.0 Å². The predicted octanol–water partition coefficient (Wildman–Crippen LogP) is 3.48. The van der Waals surface area contributed by atoms with E-state index < -0.39 is 12.0 Å². The van der Waals surface area contributed by atoms with Crippen LogP contribution in [-0.4, -0.2) is 29.6 Å². The SMILES string of the molecule is CCC(O)(CC)CN=C(N)Nc1ccc(OC(F)(F)F)cc1.I. The molecule has 1 rings (SSSR count). The molecule has 0 heterocycles. The van der Waals surface area contributed by atoms with Crippen LogP contribution in [0.15, 0.2) is 29.3 Å². The summed E-state index contributed by atoms with van der Waals surface area (Å²) >= 11 is 0. The van der Waals surface area contributed by atoms with Crippen molar-refractivity contribution in [2.24, 2.45) is 10.7 Å². The van der Waals surface area contributed by atoms with Crippen LogP contribution in [0.5, 0.6) is 5.75 Å². The maximum absolute atomic E-state index is 12.0. The van der Waals surface area contributed by atoms with E-state index in [0.717, 1.165) is 12.1 Å². The van der Waals surface area contributed by atoms with Gasteiger partial charge >= 0.3 is 6.36 Å². The summed E-state index contributed by atoms with van der Waals surface area (Å²) in [6.45, 7) is 3.85. The minimum atomic E-state index is -4.72. The fourth-order valence-electron chi connectivity index (χ4n) is 1.63. The van der Waals surface area contributed by atoms with Crippen LogP contribution in [0.1, 0.15) is 26.7 Å². The number of guanidine groups is 1. The molecule has 0 saturated carbocycles. The van der Waals surface area contributed by atoms with Gasteiger partial charge in [-0.2, -0.15) is 0 Å². The number of rotatable bonds is 6. The summed E-state index contributed by atoms with van der Waals surface area (Å²) in [7, 11) is 0. The summed E-state index contributed by atoms with van der Waals surface area (Å²) in [5.74, 6) is -0.246. The minimum Gasteiger partial charge on any atom is -0.406 e. The van der Waals surface area contributed by atoms with E-state index in [2.05, 4.69) is 15.0 Å². The zero-order valence-corrected chi connectivity index (χ0v) is 15.2. The monoisotopic (exact) mass is 447 g/mol. The molecule has 1 aromatic carbocycles. The molecular formula is C14H21F3IN3O2. The van der Waals surface area contributed by atoms with Gasteiger partial charge in [-0.3, -0.25) is 4.99 Å². The topological polar surface area (TPSA) is 79.9 Å². The van der Waals surface area contributed by atoms with Crippen LogP contribution in [0.25, 0.3) is 0 Å². The van der Waals surface area contributed by atoms with Gasteiger partial charge in [0.1, 0.15) is 5.75 Å². The molecule has 4 N–H and O–H groups in total. The van der Waals surface area contributed by atoms with Gasteiger partial charge in [0.2, 0.25) is 0 Å². The highest BCUT2D eigenvalue weighted by atomic mass is 127. The first kappa shape index (κ1) is 21.8. The van der Waals surface area contributed by atoms with E-state index in [0.29, 0.717) is 18.5 Å². The maximum Gasteiger partial charge on any atom is 0.573 e. The number of benzene rings is 1. The summed E-state index contributed by atoms with van der Waals surface area (Å²) in [5, 5.41) is 12.8. The molecule has 0 aromatic heterocycles. The van der Waals surface area contributed by atoms with Crippen molar-refractivity contribution in [1.29, 1.82) is 0 Å². The maximum atomic E-state index is 12.0. The first-order valence-electron chi connectivity index (χ1n) is 6.82. The van der Waals surface area contributed by atoms with Gasteiger partial charge in [0.25, 0.3) is 0 Å². The highest BCUT2D eigenvalue weighted by Crippen LogP contribution is 2.23. The van der Waals surface area contributed by atoms with E-state index in [1.165, 1.54) is 12.1 Å². The lowest BCUT2D eigenvalue weighted by Gasteiger charge is -2.22. The molecule has 0 radical (unpaired) electrons. The average Bonchev–Trinajstić information content (AvgIpc) is 2.45. The highest BCUT2D eigenvalue weighted by molar-refractivity contribution is 14.0. The Bertz CT molecular complexity index is 503. The number of aliphatic hydroxyl groups is 1. The Kier molecular flexibility index (Phi) is 8.67. The second-order valence-electron chi connectivity index (χ2n) is 4.83. The van der Waals surface area contributed by atoms with Crippen LogP contribution in [0.4, 0.5) is 18.9 Å². The van der Waals surface area contributed by atoms with Crippen LogP contribution in [-0.2, 0) is 0 Å². The quantitative estimate of drug-likeness (QED) is 0.355. The number of nitrogens with zero attached hydrogens (tertiary/aromatic N) is 1. The van der Waals surface area contributed by atoms with E-state index in [-0.39, 0.29) is 42.2 Å². The average molecular weight is 447 g/mol. The second kappa shape index (κ2) is 9.16. The number of nitrogens with one attached hydrogen (secondary N) is 1. The largest absolute Gasteiger partial charge is 0.573 e. The molecule has 0 unspecified atom stereocenters. The minimum absolute atomic E-state index is 0. The predicted molar refractivity (Wildman–Crippen MR) is 94.2 cm³/mol. The van der Waals surface area contributed by atoms with Gasteiger partial charge in [0, 0.05) is 5.69 Å². The summed E-state index contributed by atoms with van der Waals surface area (Å²) in [4.78, 5) is 4.04. The van der Waals surface area contributed by atoms with E-state index in [4.69, 9.17) is 5.73 Å². The van der Waals surface area contributed by atoms with E-state index in [9.17, 15) is 18.3 Å². The van der Waals surface area contributed by atoms with Gasteiger partial charge in [-0.15, -0.1) is 37.1 Å². The molecule has 5 nitrogen and oxygen atoms in total. The molecule has 0 atom stereocenters. The van der Waals surface area contributed by atoms with Crippen molar-refractivity contribution in [3.63, 3.8) is 0 Å². The summed E-state index contributed by atoms with van der Waals surface area (Å²) in [6, 6.07) is 5.10. The number of aliphatic imine (C=N–C) groups is 1. The number of nitrogens with two attached hydrogens (primary N) is 1. The normalized spacial score (nSPS) is 12.5. The number of anilines is 1. The van der Waals surface area contributed by atoms with Crippen LogP contribution < -0.4 is 15.8 Å². The first-order valence-corrected chi connectivity index (χ1v) is 6.82. The summed E-state index contributed by atoms with van der Waals surface area (Å²) in [6.07, 6.45) is -3.63. The third-order valence-corrected chi connectivity index (χ3v) is 3.22. The van der Waals surface area contributed by atoms with Gasteiger partial charge in [0.05, 0.1) is 12.1 Å². The van der Waals surface area contributed by atoms with Crippen LogP contribution in [0.2, 0.25) is 0 Å². The molecule has 1 aromatic rings. The fourth-order valence-corrected chi connectivity index (χ4v) is 1.63. The molecule has 0 bridgehead atoms. The number of hydrogen-bond acceptors (Lipinski definition) is 3. The van der Waals surface area contributed by atoms with Crippen molar-refractivity contribution in [2.75, 3.05) is 11.9 Å². The first-order chi connectivity index (χ1) is 10.2. The molecule has 0 fully saturated rings. The smallest absolute Gasteiger partial charge is 0.406 e. The van der Waals surface area contributed by atoms with Gasteiger partial charge in [0.15, 0.2) is 5.96 Å². The molecule has 0 aliphatic heterocycles. The summed E-state index contributed by atoms with van der Waals surface area (Å²) in [5.41, 5.74) is 5.24. The Morgan fingerprint density at radius 3 is 2.17 bits per heavy atom. The Morgan fingerprint density at radius 2 is 1.74 bits per heavy atom. The van der Waals surface area contributed by atoms with Gasteiger partial charge in [-0.1, -0.05) is 13.8 Å². The zero-order valence-electron chi connectivity index (χ0n) is 12.9. The van der Waals surface area contributed by atoms with Crippen molar-refractivity contribution in [1.82, 2.24) is 0 Å². The Labute approximate surface area is 150 Å². The van der Waals surface area contributed by atoms with E-state index in [1.807, 2.05) is 13.8 Å². The molecular weight excluding hydrogens is 426 g/mol. The third-order valence-electron chi connectivity index (χ3n) is 3.22. The molecule has 132 valence electrons. The molecule has 0 spiro atoms. The Balaban J connectivity index is 0.00000484. The van der Waals surface area contributed by atoms with Crippen molar-refractivity contribution in [3.8, 4) is 5.75 Å². The number of alkyl halides is 3. The molecule has 0 saturated heterocycles. The zero-order chi connectivity index (χ0) is 16.8. The van der Waals surface area contributed by atoms with Gasteiger partial charge < -0.3 is 20.9 Å². The molecule has 23 heavy (non-hydrogen) atoms. The van der Waals surface area contributed by atoms with Crippen molar-refractivity contribution in [3.05, 3.63) is 24.3 Å². The summed E-state index contributed by atoms with van der Waals surface area (Å²) < 4.78 is 39.9.